The molecule has 2 N–H and O–H groups in total. The van der Waals surface area contributed by atoms with E-state index < -0.39 is 5.97 Å². The Kier molecular flexibility index (Phi) is 5.92. The normalized spacial score (nSPS) is 10.7. The van der Waals surface area contributed by atoms with Gasteiger partial charge in [-0.05, 0) is 33.6 Å². The van der Waals surface area contributed by atoms with Gasteiger partial charge in [-0.1, -0.05) is 23.7 Å². The number of carboxylic acids is 1. The Labute approximate surface area is 167 Å². The maximum absolute atomic E-state index is 12.1. The summed E-state index contributed by atoms with van der Waals surface area (Å²) in [6.07, 6.45) is 4.54. The molecule has 0 unspecified atom stereocenters. The lowest BCUT2D eigenvalue weighted by atomic mass is 10.2. The van der Waals surface area contributed by atoms with E-state index in [-0.39, 0.29) is 24.4 Å². The molecule has 0 saturated carbocycles. The van der Waals surface area contributed by atoms with Crippen LogP contribution in [0.5, 0.6) is 0 Å². The number of carbonyl (C=O) groups is 2. The zero-order valence-electron chi connectivity index (χ0n) is 14.0. The van der Waals surface area contributed by atoms with E-state index in [0.717, 1.165) is 5.56 Å². The van der Waals surface area contributed by atoms with Crippen LogP contribution in [0.15, 0.2) is 47.3 Å². The summed E-state index contributed by atoms with van der Waals surface area (Å²) in [5.41, 5.74) is 1.11. The molecule has 8 nitrogen and oxygen atoms in total. The van der Waals surface area contributed by atoms with Gasteiger partial charge in [-0.2, -0.15) is 10.2 Å². The van der Waals surface area contributed by atoms with Crippen LogP contribution in [-0.4, -0.2) is 36.5 Å². The number of anilines is 1. The molecular weight excluding hydrogens is 438 g/mol. The Balaban J connectivity index is 1.56. The van der Waals surface area contributed by atoms with Gasteiger partial charge >= 0.3 is 5.97 Å². The number of carbonyl (C=O) groups excluding carboxylic acids is 1. The quantitative estimate of drug-likeness (QED) is 0.573. The minimum atomic E-state index is -1.05. The average Bonchev–Trinajstić information content (AvgIpc) is 3.22. The van der Waals surface area contributed by atoms with Crippen LogP contribution in [0.25, 0.3) is 0 Å². The second kappa shape index (κ2) is 8.36. The standard InChI is InChI=1S/C17H15BrClN5O3/c18-14-10-24(8-11-1-3-13(19)4-2-11)22-16(14)21-15(25)5-6-23-9-12(7-20-23)17(26)27/h1-4,7,9-10H,5-6,8H2,(H,26,27)(H,21,22,25). The van der Waals surface area contributed by atoms with Crippen LogP contribution in [0.4, 0.5) is 5.82 Å². The van der Waals surface area contributed by atoms with E-state index in [4.69, 9.17) is 16.7 Å². The lowest BCUT2D eigenvalue weighted by Crippen LogP contribution is -2.15. The molecule has 0 spiro atoms. The number of nitrogens with one attached hydrogen (secondary N) is 1. The number of carboxylic acid groups (broad SMARTS) is 1. The lowest BCUT2D eigenvalue weighted by Gasteiger charge is -2.04. The van der Waals surface area contributed by atoms with Gasteiger partial charge in [-0.3, -0.25) is 14.2 Å². The minimum absolute atomic E-state index is 0.0825. The molecule has 0 fully saturated rings. The van der Waals surface area contributed by atoms with Crippen molar-refractivity contribution in [1.29, 1.82) is 0 Å². The Hall–Kier alpha value is -2.65. The van der Waals surface area contributed by atoms with Gasteiger partial charge in [0.1, 0.15) is 0 Å². The summed E-state index contributed by atoms with van der Waals surface area (Å²) in [5, 5.41) is 20.5. The van der Waals surface area contributed by atoms with Gasteiger partial charge in [0, 0.05) is 30.4 Å². The third-order valence-corrected chi connectivity index (χ3v) is 4.51. The zero-order chi connectivity index (χ0) is 19.4. The number of halogens is 2. The molecule has 0 radical (unpaired) electrons. The first-order valence-corrected chi connectivity index (χ1v) is 9.11. The molecule has 2 aromatic heterocycles. The first-order valence-electron chi connectivity index (χ1n) is 7.93. The molecule has 0 saturated heterocycles. The topological polar surface area (TPSA) is 102 Å². The van der Waals surface area contributed by atoms with Crippen molar-refractivity contribution in [3.8, 4) is 0 Å². The predicted molar refractivity (Wildman–Crippen MR) is 103 cm³/mol. The van der Waals surface area contributed by atoms with Crippen molar-refractivity contribution in [2.24, 2.45) is 0 Å². The summed E-state index contributed by atoms with van der Waals surface area (Å²) in [4.78, 5) is 23.0. The van der Waals surface area contributed by atoms with E-state index in [1.165, 1.54) is 17.1 Å². The van der Waals surface area contributed by atoms with Gasteiger partial charge in [-0.25, -0.2) is 4.79 Å². The number of hydrogen-bond donors (Lipinski definition) is 2. The van der Waals surface area contributed by atoms with Crippen molar-refractivity contribution in [2.45, 2.75) is 19.5 Å². The molecule has 3 rings (SSSR count). The first kappa shape index (κ1) is 19.1. The van der Waals surface area contributed by atoms with Crippen molar-refractivity contribution in [2.75, 3.05) is 5.32 Å². The minimum Gasteiger partial charge on any atom is -0.478 e. The molecule has 0 aliphatic rings. The lowest BCUT2D eigenvalue weighted by molar-refractivity contribution is -0.116. The summed E-state index contributed by atoms with van der Waals surface area (Å²) in [6, 6.07) is 7.43. The second-order valence-corrected chi connectivity index (χ2v) is 7.04. The molecule has 0 aliphatic heterocycles. The van der Waals surface area contributed by atoms with Crippen LogP contribution in [0.1, 0.15) is 22.3 Å². The van der Waals surface area contributed by atoms with Crippen molar-refractivity contribution in [1.82, 2.24) is 19.6 Å². The molecule has 10 heteroatoms. The average molecular weight is 453 g/mol. The summed E-state index contributed by atoms with van der Waals surface area (Å²) in [6.45, 7) is 0.805. The monoisotopic (exact) mass is 451 g/mol. The Morgan fingerprint density at radius 3 is 2.59 bits per heavy atom. The third-order valence-electron chi connectivity index (χ3n) is 3.68. The molecule has 1 aromatic carbocycles. The van der Waals surface area contributed by atoms with Crippen LogP contribution >= 0.6 is 27.5 Å². The van der Waals surface area contributed by atoms with Crippen molar-refractivity contribution in [3.05, 3.63) is 63.5 Å². The molecule has 1 amide bonds. The summed E-state index contributed by atoms with van der Waals surface area (Å²) in [7, 11) is 0. The predicted octanol–water partition coefficient (Wildman–Crippen LogP) is 3.27. The van der Waals surface area contributed by atoms with Gasteiger partial charge in [0.15, 0.2) is 5.82 Å². The van der Waals surface area contributed by atoms with Gasteiger partial charge in [0.25, 0.3) is 0 Å². The maximum atomic E-state index is 12.1. The summed E-state index contributed by atoms with van der Waals surface area (Å²) >= 11 is 9.26. The largest absolute Gasteiger partial charge is 0.478 e. The molecule has 0 bridgehead atoms. The first-order chi connectivity index (χ1) is 12.9. The smallest absolute Gasteiger partial charge is 0.338 e. The van der Waals surface area contributed by atoms with Crippen molar-refractivity contribution in [3.63, 3.8) is 0 Å². The van der Waals surface area contributed by atoms with Gasteiger partial charge in [0.2, 0.25) is 5.91 Å². The van der Waals surface area contributed by atoms with Crippen LogP contribution in [-0.2, 0) is 17.9 Å². The number of benzene rings is 1. The second-order valence-electron chi connectivity index (χ2n) is 5.75. The number of nitrogens with zero attached hydrogens (tertiary/aromatic N) is 4. The van der Waals surface area contributed by atoms with Crippen LogP contribution < -0.4 is 5.32 Å². The van der Waals surface area contributed by atoms with Crippen LogP contribution in [0.2, 0.25) is 5.02 Å². The maximum Gasteiger partial charge on any atom is 0.338 e. The van der Waals surface area contributed by atoms with E-state index in [1.54, 1.807) is 10.9 Å². The summed E-state index contributed by atoms with van der Waals surface area (Å²) < 4.78 is 3.78. The highest BCUT2D eigenvalue weighted by atomic mass is 79.9. The summed E-state index contributed by atoms with van der Waals surface area (Å²) in [5.74, 6) is -0.888. The number of aryl methyl sites for hydroxylation is 1. The molecule has 2 heterocycles. The SMILES string of the molecule is O=C(CCn1cc(C(=O)O)cn1)Nc1nn(Cc2ccc(Cl)cc2)cc1Br. The zero-order valence-corrected chi connectivity index (χ0v) is 16.3. The van der Waals surface area contributed by atoms with Gasteiger partial charge < -0.3 is 10.4 Å². The van der Waals surface area contributed by atoms with Crippen molar-refractivity contribution >= 4 is 45.2 Å². The number of amides is 1. The number of hydrogen-bond acceptors (Lipinski definition) is 4. The fraction of sp³-hybridized carbons (Fsp3) is 0.176. The van der Waals surface area contributed by atoms with Gasteiger partial charge in [-0.15, -0.1) is 0 Å². The molecular formula is C17H15BrClN5O3. The van der Waals surface area contributed by atoms with E-state index in [9.17, 15) is 9.59 Å². The third kappa shape index (κ3) is 5.18. The fourth-order valence-corrected chi connectivity index (χ4v) is 2.89. The Bertz CT molecular complexity index is 967. The van der Waals surface area contributed by atoms with E-state index in [0.29, 0.717) is 21.9 Å². The Morgan fingerprint density at radius 1 is 1.19 bits per heavy atom. The van der Waals surface area contributed by atoms with E-state index in [2.05, 4.69) is 31.4 Å². The highest BCUT2D eigenvalue weighted by molar-refractivity contribution is 9.10. The van der Waals surface area contributed by atoms with Gasteiger partial charge in [0.05, 0.1) is 22.8 Å². The fourth-order valence-electron chi connectivity index (χ4n) is 2.35. The van der Waals surface area contributed by atoms with Crippen LogP contribution in [0.3, 0.4) is 0 Å². The number of aromatic nitrogens is 4. The molecule has 0 aliphatic carbocycles. The van der Waals surface area contributed by atoms with Crippen LogP contribution in [0, 0.1) is 0 Å². The molecule has 3 aromatic rings. The van der Waals surface area contributed by atoms with Crippen molar-refractivity contribution < 1.29 is 14.7 Å². The number of aromatic carboxylic acids is 1. The highest BCUT2D eigenvalue weighted by Crippen LogP contribution is 2.21. The molecule has 140 valence electrons. The molecule has 27 heavy (non-hydrogen) atoms. The van der Waals surface area contributed by atoms with E-state index in [1.807, 2.05) is 24.3 Å². The van der Waals surface area contributed by atoms with E-state index >= 15 is 0 Å². The highest BCUT2D eigenvalue weighted by Gasteiger charge is 2.12. The number of rotatable bonds is 7. The Morgan fingerprint density at radius 2 is 1.93 bits per heavy atom. The molecule has 0 atom stereocenters.